The summed E-state index contributed by atoms with van der Waals surface area (Å²) < 4.78 is 0. The fourth-order valence-electron chi connectivity index (χ4n) is 1.43. The summed E-state index contributed by atoms with van der Waals surface area (Å²) >= 11 is 1.04. The van der Waals surface area contributed by atoms with Crippen molar-refractivity contribution in [3.05, 3.63) is 35.9 Å². The van der Waals surface area contributed by atoms with Gasteiger partial charge in [-0.3, -0.25) is 14.9 Å². The van der Waals surface area contributed by atoms with E-state index in [1.807, 2.05) is 18.2 Å². The molecule has 0 heterocycles. The smallest absolute Gasteiger partial charge is 0.321 e. The topological polar surface area (TPSA) is 113 Å². The number of nitrogens with two attached hydrogens (primary N) is 1. The molecular formula is C12H16N2O4S. The maximum absolute atomic E-state index is 11.1. The number of aliphatic carboxylic acids is 2. The molecule has 104 valence electrons. The predicted octanol–water partition coefficient (Wildman–Crippen LogP) is 0.505. The summed E-state index contributed by atoms with van der Waals surface area (Å²) in [6.45, 7) is 0. The van der Waals surface area contributed by atoms with E-state index in [1.54, 1.807) is 12.1 Å². The molecule has 2 unspecified atom stereocenters. The molecule has 0 bridgehead atoms. The van der Waals surface area contributed by atoms with Crippen molar-refractivity contribution in [2.75, 3.05) is 11.5 Å². The van der Waals surface area contributed by atoms with Gasteiger partial charge in [0.2, 0.25) is 0 Å². The third-order valence-electron chi connectivity index (χ3n) is 2.35. The Hall–Kier alpha value is -1.57. The van der Waals surface area contributed by atoms with Crippen LogP contribution < -0.4 is 11.1 Å². The van der Waals surface area contributed by atoms with Crippen molar-refractivity contribution in [3.63, 3.8) is 0 Å². The molecule has 0 radical (unpaired) electrons. The lowest BCUT2D eigenvalue weighted by Crippen LogP contribution is -2.44. The Morgan fingerprint density at radius 3 is 2.42 bits per heavy atom. The monoisotopic (exact) mass is 284 g/mol. The van der Waals surface area contributed by atoms with E-state index in [0.29, 0.717) is 0 Å². The van der Waals surface area contributed by atoms with E-state index >= 15 is 0 Å². The molecule has 0 aliphatic rings. The minimum Gasteiger partial charge on any atom is -0.481 e. The van der Waals surface area contributed by atoms with Crippen molar-refractivity contribution in [1.29, 1.82) is 0 Å². The molecule has 6 nitrogen and oxygen atoms in total. The Balaban J connectivity index is 2.53. The highest BCUT2D eigenvalue weighted by atomic mass is 32.2. The normalized spacial score (nSPS) is 13.7. The molecule has 1 aromatic carbocycles. The van der Waals surface area contributed by atoms with Crippen LogP contribution in [0, 0.1) is 0 Å². The van der Waals surface area contributed by atoms with Crippen molar-refractivity contribution in [1.82, 2.24) is 5.32 Å². The zero-order valence-corrected chi connectivity index (χ0v) is 11.0. The standard InChI is InChI=1S/C12H16N2O4S/c13-11(8-4-2-1-3-5-8)14-9(12(17)18)6-19-7-10(15)16/h1-5,9,11,14H,6-7,13H2,(H,15,16)(H,17,18). The lowest BCUT2D eigenvalue weighted by molar-refractivity contribution is -0.139. The number of thioether (sulfide) groups is 1. The highest BCUT2D eigenvalue weighted by Crippen LogP contribution is 2.10. The van der Waals surface area contributed by atoms with Gasteiger partial charge in [0.05, 0.1) is 11.9 Å². The van der Waals surface area contributed by atoms with Crippen LogP contribution in [0.4, 0.5) is 0 Å². The first-order valence-electron chi connectivity index (χ1n) is 5.59. The minimum absolute atomic E-state index is 0.133. The number of carbonyl (C=O) groups is 2. The van der Waals surface area contributed by atoms with Gasteiger partial charge in [0.15, 0.2) is 0 Å². The highest BCUT2D eigenvalue weighted by Gasteiger charge is 2.20. The molecule has 19 heavy (non-hydrogen) atoms. The summed E-state index contributed by atoms with van der Waals surface area (Å²) in [4.78, 5) is 21.4. The van der Waals surface area contributed by atoms with E-state index in [9.17, 15) is 9.59 Å². The second kappa shape index (κ2) is 7.78. The number of hydrogen-bond donors (Lipinski definition) is 4. The molecule has 5 N–H and O–H groups in total. The predicted molar refractivity (Wildman–Crippen MR) is 72.9 cm³/mol. The molecule has 2 atom stereocenters. The van der Waals surface area contributed by atoms with E-state index < -0.39 is 24.1 Å². The summed E-state index contributed by atoms with van der Waals surface area (Å²) in [7, 11) is 0. The molecule has 1 aromatic rings. The Kier molecular flexibility index (Phi) is 6.34. The fraction of sp³-hybridized carbons (Fsp3) is 0.333. The average Bonchev–Trinajstić information content (AvgIpc) is 2.37. The lowest BCUT2D eigenvalue weighted by Gasteiger charge is -2.20. The third-order valence-corrected chi connectivity index (χ3v) is 3.37. The minimum atomic E-state index is -1.05. The molecular weight excluding hydrogens is 268 g/mol. The van der Waals surface area contributed by atoms with Gasteiger partial charge in [-0.1, -0.05) is 30.3 Å². The molecule has 1 rings (SSSR count). The van der Waals surface area contributed by atoms with Crippen molar-refractivity contribution in [2.45, 2.75) is 12.2 Å². The van der Waals surface area contributed by atoms with Gasteiger partial charge in [-0.15, -0.1) is 11.8 Å². The third kappa shape index (κ3) is 5.73. The summed E-state index contributed by atoms with van der Waals surface area (Å²) in [5.41, 5.74) is 6.64. The average molecular weight is 284 g/mol. The van der Waals surface area contributed by atoms with Crippen LogP contribution in [0.2, 0.25) is 0 Å². The van der Waals surface area contributed by atoms with Gasteiger partial charge in [0.1, 0.15) is 6.04 Å². The summed E-state index contributed by atoms with van der Waals surface area (Å²) in [5, 5.41) is 20.3. The van der Waals surface area contributed by atoms with Crippen molar-refractivity contribution in [3.8, 4) is 0 Å². The van der Waals surface area contributed by atoms with Crippen molar-refractivity contribution < 1.29 is 19.8 Å². The largest absolute Gasteiger partial charge is 0.481 e. The van der Waals surface area contributed by atoms with Crippen LogP contribution in [-0.2, 0) is 9.59 Å². The van der Waals surface area contributed by atoms with Crippen LogP contribution in [-0.4, -0.2) is 39.7 Å². The van der Waals surface area contributed by atoms with Gasteiger partial charge in [0, 0.05) is 5.75 Å². The molecule has 0 saturated heterocycles. The first-order valence-corrected chi connectivity index (χ1v) is 6.75. The zero-order chi connectivity index (χ0) is 14.3. The number of rotatable bonds is 8. The molecule has 7 heteroatoms. The first kappa shape index (κ1) is 15.5. The van der Waals surface area contributed by atoms with Crippen molar-refractivity contribution >= 4 is 23.7 Å². The molecule has 0 spiro atoms. The Bertz CT molecular complexity index is 427. The van der Waals surface area contributed by atoms with Gasteiger partial charge in [-0.05, 0) is 5.56 Å². The maximum Gasteiger partial charge on any atom is 0.321 e. The number of benzene rings is 1. The molecule has 0 fully saturated rings. The molecule has 0 aliphatic carbocycles. The van der Waals surface area contributed by atoms with Gasteiger partial charge in [-0.2, -0.15) is 0 Å². The zero-order valence-electron chi connectivity index (χ0n) is 10.2. The fourth-order valence-corrected chi connectivity index (χ4v) is 2.20. The van der Waals surface area contributed by atoms with Crippen molar-refractivity contribution in [2.24, 2.45) is 5.73 Å². The van der Waals surface area contributed by atoms with Crippen LogP contribution in [0.1, 0.15) is 11.7 Å². The maximum atomic E-state index is 11.1. The number of carboxylic acids is 2. The van der Waals surface area contributed by atoms with E-state index in [2.05, 4.69) is 5.32 Å². The summed E-state index contributed by atoms with van der Waals surface area (Å²) in [6, 6.07) is 8.16. The molecule has 0 aromatic heterocycles. The van der Waals surface area contributed by atoms with Gasteiger partial charge in [0.25, 0.3) is 0 Å². The van der Waals surface area contributed by atoms with E-state index in [4.69, 9.17) is 15.9 Å². The van der Waals surface area contributed by atoms with Gasteiger partial charge >= 0.3 is 11.9 Å². The number of carboxylic acid groups (broad SMARTS) is 2. The lowest BCUT2D eigenvalue weighted by atomic mass is 10.1. The van der Waals surface area contributed by atoms with Crippen LogP contribution in [0.15, 0.2) is 30.3 Å². The Morgan fingerprint density at radius 2 is 1.89 bits per heavy atom. The first-order chi connectivity index (χ1) is 9.00. The number of nitrogens with one attached hydrogen (secondary N) is 1. The summed E-state index contributed by atoms with van der Waals surface area (Å²) in [5.74, 6) is -2.01. The van der Waals surface area contributed by atoms with E-state index in [0.717, 1.165) is 17.3 Å². The highest BCUT2D eigenvalue weighted by molar-refractivity contribution is 8.00. The molecule has 0 aliphatic heterocycles. The van der Waals surface area contributed by atoms with Gasteiger partial charge in [-0.25, -0.2) is 0 Å². The van der Waals surface area contributed by atoms with Crippen LogP contribution in [0.25, 0.3) is 0 Å². The SMILES string of the molecule is NC(NC(CSCC(=O)O)C(=O)O)c1ccccc1. The van der Waals surface area contributed by atoms with Crippen LogP contribution in [0.5, 0.6) is 0 Å². The molecule has 0 saturated carbocycles. The summed E-state index contributed by atoms with van der Waals surface area (Å²) in [6.07, 6.45) is -0.604. The number of hydrogen-bond acceptors (Lipinski definition) is 5. The van der Waals surface area contributed by atoms with Crippen LogP contribution in [0.3, 0.4) is 0 Å². The molecule has 0 amide bonds. The Morgan fingerprint density at radius 1 is 1.26 bits per heavy atom. The van der Waals surface area contributed by atoms with Crippen LogP contribution >= 0.6 is 11.8 Å². The van der Waals surface area contributed by atoms with Gasteiger partial charge < -0.3 is 15.9 Å². The Labute approximate surface area is 115 Å². The van der Waals surface area contributed by atoms with E-state index in [-0.39, 0.29) is 11.5 Å². The quantitative estimate of drug-likeness (QED) is 0.514. The van der Waals surface area contributed by atoms with E-state index in [1.165, 1.54) is 0 Å². The second-order valence-electron chi connectivity index (χ2n) is 3.85. The second-order valence-corrected chi connectivity index (χ2v) is 4.88.